The second-order valence-electron chi connectivity index (χ2n) is 6.22. The second-order valence-corrected chi connectivity index (χ2v) is 7.28. The van der Waals surface area contributed by atoms with E-state index in [4.69, 9.17) is 0 Å². The average Bonchev–Trinajstić information content (AvgIpc) is 3.33. The van der Waals surface area contributed by atoms with Crippen LogP contribution in [0.2, 0.25) is 0 Å². The summed E-state index contributed by atoms with van der Waals surface area (Å²) in [6, 6.07) is 10.1. The number of aryl methyl sites for hydroxylation is 3. The van der Waals surface area contributed by atoms with E-state index in [2.05, 4.69) is 42.7 Å². The van der Waals surface area contributed by atoms with Gasteiger partial charge < -0.3 is 5.32 Å². The van der Waals surface area contributed by atoms with E-state index in [0.29, 0.717) is 16.4 Å². The highest BCUT2D eigenvalue weighted by Crippen LogP contribution is 2.17. The topological polar surface area (TPSA) is 118 Å². The zero-order valence-electron chi connectivity index (χ0n) is 15.0. The lowest BCUT2D eigenvalue weighted by Crippen LogP contribution is -2.26. The van der Waals surface area contributed by atoms with Crippen molar-refractivity contribution < 1.29 is 4.79 Å². The predicted octanol–water partition coefficient (Wildman–Crippen LogP) is 1.54. The lowest BCUT2D eigenvalue weighted by molar-refractivity contribution is -0.115. The van der Waals surface area contributed by atoms with E-state index in [1.54, 1.807) is 6.92 Å². The van der Waals surface area contributed by atoms with Gasteiger partial charge in [-0.2, -0.15) is 4.52 Å². The summed E-state index contributed by atoms with van der Waals surface area (Å²) in [5.74, 6) is -0.0638. The number of aromatic nitrogens is 6. The maximum atomic E-state index is 12.5. The van der Waals surface area contributed by atoms with E-state index in [1.807, 2.05) is 18.2 Å². The Labute approximate surface area is 163 Å². The fourth-order valence-electron chi connectivity index (χ4n) is 2.82. The fraction of sp³-hybridized carbons (Fsp3) is 0.222. The number of nitrogens with one attached hydrogen (secondary N) is 2. The number of amides is 1. The van der Waals surface area contributed by atoms with E-state index in [1.165, 1.54) is 27.7 Å². The molecule has 0 fully saturated rings. The number of carbonyl (C=O) groups is 1. The number of rotatable bonds is 6. The van der Waals surface area contributed by atoms with Gasteiger partial charge in [0.15, 0.2) is 0 Å². The second kappa shape index (κ2) is 7.69. The Hall–Kier alpha value is -3.40. The third-order valence-electron chi connectivity index (χ3n) is 4.25. The molecule has 28 heavy (non-hydrogen) atoms. The molecule has 0 bridgehead atoms. The maximum absolute atomic E-state index is 12.5. The highest BCUT2D eigenvalue weighted by atomic mass is 32.1. The number of aromatic amines is 1. The van der Waals surface area contributed by atoms with Crippen molar-refractivity contribution in [1.82, 2.24) is 29.8 Å². The maximum Gasteiger partial charge on any atom is 0.277 e. The largest absolute Gasteiger partial charge is 0.300 e. The summed E-state index contributed by atoms with van der Waals surface area (Å²) >= 11 is 1.33. The van der Waals surface area contributed by atoms with E-state index in [0.717, 1.165) is 17.8 Å². The van der Waals surface area contributed by atoms with Gasteiger partial charge in [0.2, 0.25) is 11.0 Å². The highest BCUT2D eigenvalue weighted by molar-refractivity contribution is 7.15. The normalized spacial score (nSPS) is 11.0. The Kier molecular flexibility index (Phi) is 4.94. The number of fused-ring (bicyclic) bond motifs is 1. The number of hydrogen-bond donors (Lipinski definition) is 2. The molecule has 0 aliphatic heterocycles. The van der Waals surface area contributed by atoms with Crippen LogP contribution in [0.1, 0.15) is 21.8 Å². The summed E-state index contributed by atoms with van der Waals surface area (Å²) in [5, 5.41) is 14.8. The molecule has 4 rings (SSSR count). The van der Waals surface area contributed by atoms with Gasteiger partial charge in [0.25, 0.3) is 11.3 Å². The van der Waals surface area contributed by atoms with E-state index >= 15 is 0 Å². The summed E-state index contributed by atoms with van der Waals surface area (Å²) in [6.07, 6.45) is 2.89. The molecule has 3 heterocycles. The SMILES string of the molecule is Cc1nc2nc[nH]n2c(=O)c1CC(=O)Nc1nnc(CCc2ccccc2)s1. The first kappa shape index (κ1) is 18.0. The summed E-state index contributed by atoms with van der Waals surface area (Å²) in [6.45, 7) is 1.69. The third kappa shape index (κ3) is 3.81. The first-order valence-corrected chi connectivity index (χ1v) is 9.49. The van der Waals surface area contributed by atoms with Crippen LogP contribution in [0.25, 0.3) is 5.78 Å². The molecule has 0 spiro atoms. The van der Waals surface area contributed by atoms with E-state index < -0.39 is 0 Å². The average molecular weight is 395 g/mol. The quantitative estimate of drug-likeness (QED) is 0.511. The number of carbonyl (C=O) groups excluding carboxylic acids is 1. The Morgan fingerprint density at radius 2 is 2.04 bits per heavy atom. The lowest BCUT2D eigenvalue weighted by Gasteiger charge is -2.04. The minimum absolute atomic E-state index is 0.0987. The van der Waals surface area contributed by atoms with Crippen LogP contribution in [0.5, 0.6) is 0 Å². The van der Waals surface area contributed by atoms with Crippen molar-refractivity contribution in [1.29, 1.82) is 0 Å². The Bertz CT molecular complexity index is 1180. The molecule has 9 nitrogen and oxygen atoms in total. The van der Waals surface area contributed by atoms with Crippen LogP contribution in [0.15, 0.2) is 41.5 Å². The van der Waals surface area contributed by atoms with Crippen LogP contribution >= 0.6 is 11.3 Å². The Morgan fingerprint density at radius 1 is 1.21 bits per heavy atom. The van der Waals surface area contributed by atoms with Crippen LogP contribution in [0.3, 0.4) is 0 Å². The molecule has 2 N–H and O–H groups in total. The Morgan fingerprint density at radius 3 is 2.86 bits per heavy atom. The minimum Gasteiger partial charge on any atom is -0.300 e. The van der Waals surface area contributed by atoms with Crippen molar-refractivity contribution in [2.24, 2.45) is 0 Å². The molecule has 0 saturated heterocycles. The van der Waals surface area contributed by atoms with Gasteiger partial charge in [0, 0.05) is 6.42 Å². The zero-order chi connectivity index (χ0) is 19.5. The Balaban J connectivity index is 1.41. The van der Waals surface area contributed by atoms with Gasteiger partial charge in [-0.25, -0.2) is 9.97 Å². The van der Waals surface area contributed by atoms with Gasteiger partial charge in [-0.3, -0.25) is 14.7 Å². The first-order valence-electron chi connectivity index (χ1n) is 8.68. The molecule has 1 amide bonds. The molecular weight excluding hydrogens is 378 g/mol. The molecule has 0 saturated carbocycles. The molecule has 10 heteroatoms. The van der Waals surface area contributed by atoms with Gasteiger partial charge in [-0.1, -0.05) is 41.7 Å². The van der Waals surface area contributed by atoms with Crippen LogP contribution in [-0.4, -0.2) is 35.7 Å². The smallest absolute Gasteiger partial charge is 0.277 e. The molecule has 3 aromatic heterocycles. The molecule has 0 atom stereocenters. The van der Waals surface area contributed by atoms with Gasteiger partial charge >= 0.3 is 0 Å². The van der Waals surface area contributed by atoms with Crippen LogP contribution in [0, 0.1) is 6.92 Å². The van der Waals surface area contributed by atoms with Crippen molar-refractivity contribution in [2.45, 2.75) is 26.2 Å². The van der Waals surface area contributed by atoms with Gasteiger partial charge in [0.05, 0.1) is 17.7 Å². The molecular formula is C18H17N7O2S. The van der Waals surface area contributed by atoms with E-state index in [9.17, 15) is 9.59 Å². The predicted molar refractivity (Wildman–Crippen MR) is 104 cm³/mol. The third-order valence-corrected chi connectivity index (χ3v) is 5.15. The lowest BCUT2D eigenvalue weighted by atomic mass is 10.1. The number of hydrogen-bond acceptors (Lipinski definition) is 7. The fourth-order valence-corrected chi connectivity index (χ4v) is 3.58. The highest BCUT2D eigenvalue weighted by Gasteiger charge is 2.16. The number of anilines is 1. The summed E-state index contributed by atoms with van der Waals surface area (Å²) < 4.78 is 1.21. The molecule has 0 unspecified atom stereocenters. The van der Waals surface area contributed by atoms with Crippen LogP contribution in [0.4, 0.5) is 5.13 Å². The summed E-state index contributed by atoms with van der Waals surface area (Å²) in [5.41, 5.74) is 1.68. The van der Waals surface area contributed by atoms with Gasteiger partial charge in [-0.15, -0.1) is 10.2 Å². The number of H-pyrrole nitrogens is 1. The molecule has 4 aromatic rings. The van der Waals surface area contributed by atoms with Crippen molar-refractivity contribution in [3.05, 3.63) is 68.8 Å². The van der Waals surface area contributed by atoms with Gasteiger partial charge in [0.1, 0.15) is 11.3 Å². The van der Waals surface area contributed by atoms with E-state index in [-0.39, 0.29) is 23.7 Å². The van der Waals surface area contributed by atoms with Crippen molar-refractivity contribution in [3.8, 4) is 0 Å². The summed E-state index contributed by atoms with van der Waals surface area (Å²) in [4.78, 5) is 33.0. The van der Waals surface area contributed by atoms with Crippen molar-refractivity contribution in [3.63, 3.8) is 0 Å². The molecule has 0 aliphatic rings. The molecule has 0 aliphatic carbocycles. The number of benzene rings is 1. The molecule has 0 radical (unpaired) electrons. The standard InChI is InChI=1S/C18H17N7O2S/c1-11-13(16(27)25-17(21-11)19-10-20-25)9-14(26)22-18-24-23-15(28-18)8-7-12-5-3-2-4-6-12/h2-6,10H,7-9H2,1H3,(H,19,20,21)(H,22,24,26). The molecule has 1 aromatic carbocycles. The summed E-state index contributed by atoms with van der Waals surface area (Å²) in [7, 11) is 0. The van der Waals surface area contributed by atoms with Crippen LogP contribution in [-0.2, 0) is 24.1 Å². The zero-order valence-corrected chi connectivity index (χ0v) is 15.9. The molecule has 142 valence electrons. The van der Waals surface area contributed by atoms with Crippen molar-refractivity contribution >= 4 is 28.2 Å². The first-order chi connectivity index (χ1) is 13.6. The van der Waals surface area contributed by atoms with Crippen molar-refractivity contribution in [2.75, 3.05) is 5.32 Å². The minimum atomic E-state index is -0.341. The monoisotopic (exact) mass is 395 g/mol. The van der Waals surface area contributed by atoms with Crippen LogP contribution < -0.4 is 10.9 Å². The van der Waals surface area contributed by atoms with Gasteiger partial charge in [-0.05, 0) is 18.9 Å². The number of nitrogens with zero attached hydrogens (tertiary/aromatic N) is 5.